The predicted molar refractivity (Wildman–Crippen MR) is 106 cm³/mol. The number of pyridine rings is 1. The molecule has 0 saturated carbocycles. The van der Waals surface area contributed by atoms with Crippen molar-refractivity contribution in [1.29, 1.82) is 0 Å². The molecule has 2 atom stereocenters. The van der Waals surface area contributed by atoms with Crippen molar-refractivity contribution in [1.82, 2.24) is 4.90 Å². The van der Waals surface area contributed by atoms with Crippen molar-refractivity contribution >= 4 is 0 Å². The molecule has 3 rings (SSSR count). The maximum Gasteiger partial charge on any atom is 0.173 e. The topological polar surface area (TPSA) is 7.12 Å². The molecule has 0 radical (unpaired) electrons. The summed E-state index contributed by atoms with van der Waals surface area (Å²) in [7, 11) is 2.32. The number of hydrogen-bond acceptors (Lipinski definition) is 1. The van der Waals surface area contributed by atoms with Crippen molar-refractivity contribution in [3.05, 3.63) is 29.6 Å². The van der Waals surface area contributed by atoms with E-state index < -0.39 is 0 Å². The Labute approximate surface area is 155 Å². The lowest BCUT2D eigenvalue weighted by Crippen LogP contribution is -2.37. The van der Waals surface area contributed by atoms with Crippen LogP contribution in [0.25, 0.3) is 0 Å². The highest BCUT2D eigenvalue weighted by Crippen LogP contribution is 2.43. The van der Waals surface area contributed by atoms with Gasteiger partial charge in [-0.05, 0) is 50.8 Å². The molecule has 1 saturated heterocycles. The number of aromatic nitrogens is 1. The summed E-state index contributed by atoms with van der Waals surface area (Å²) >= 11 is 0. The zero-order chi connectivity index (χ0) is 17.5. The van der Waals surface area contributed by atoms with Gasteiger partial charge in [0.1, 0.15) is 6.54 Å². The van der Waals surface area contributed by atoms with E-state index in [-0.39, 0.29) is 0 Å². The second-order valence-corrected chi connectivity index (χ2v) is 8.50. The van der Waals surface area contributed by atoms with Gasteiger partial charge in [-0.3, -0.25) is 4.90 Å². The molecule has 25 heavy (non-hydrogen) atoms. The third kappa shape index (κ3) is 5.06. The normalized spacial score (nSPS) is 22.8. The van der Waals surface area contributed by atoms with E-state index in [1.165, 1.54) is 90.1 Å². The third-order valence-corrected chi connectivity index (χ3v) is 6.54. The first-order valence-electron chi connectivity index (χ1n) is 11.0. The van der Waals surface area contributed by atoms with E-state index in [9.17, 15) is 0 Å². The van der Waals surface area contributed by atoms with Gasteiger partial charge in [0, 0.05) is 24.1 Å². The average molecular weight is 344 g/mol. The molecule has 2 heteroatoms. The van der Waals surface area contributed by atoms with Crippen LogP contribution in [0.4, 0.5) is 0 Å². The summed E-state index contributed by atoms with van der Waals surface area (Å²) in [6.45, 7) is 4.77. The fourth-order valence-electron chi connectivity index (χ4n) is 4.99. The van der Waals surface area contributed by atoms with E-state index in [1.807, 2.05) is 0 Å². The van der Waals surface area contributed by atoms with Crippen molar-refractivity contribution in [2.75, 3.05) is 13.6 Å². The summed E-state index contributed by atoms with van der Waals surface area (Å²) in [5.74, 6) is 0.904. The van der Waals surface area contributed by atoms with Crippen molar-refractivity contribution < 1.29 is 4.57 Å². The Morgan fingerprint density at radius 1 is 1.00 bits per heavy atom. The highest BCUT2D eigenvalue weighted by atomic mass is 15.2. The van der Waals surface area contributed by atoms with E-state index in [0.29, 0.717) is 6.04 Å². The Morgan fingerprint density at radius 3 is 2.48 bits per heavy atom. The van der Waals surface area contributed by atoms with Crippen LogP contribution < -0.4 is 4.57 Å². The SMILES string of the molecule is CCCCCCCCCCC[n+]1ccc2c(c1)[C@@H]1[C@H](CC2)CCN1C. The molecule has 1 aliphatic heterocycles. The third-order valence-electron chi connectivity index (χ3n) is 6.54. The Hall–Kier alpha value is -0.890. The average Bonchev–Trinajstić information content (AvgIpc) is 3.02. The summed E-state index contributed by atoms with van der Waals surface area (Å²) in [4.78, 5) is 2.59. The van der Waals surface area contributed by atoms with Gasteiger partial charge in [0.05, 0.1) is 0 Å². The monoisotopic (exact) mass is 343 g/mol. The minimum atomic E-state index is 0.694. The standard InChI is InChI=1S/C23H39N2/c1-3-4-5-6-7-8-9-10-11-16-25-18-15-20-12-13-21-14-17-24(2)23(21)22(20)19-25/h15,18-19,21,23H,3-14,16-17H2,1-2H3/q+1/t21-,23+/m1/s1. The van der Waals surface area contributed by atoms with Crippen molar-refractivity contribution in [2.45, 2.75) is 96.6 Å². The Kier molecular flexibility index (Phi) is 7.34. The minimum Gasteiger partial charge on any atom is -0.299 e. The van der Waals surface area contributed by atoms with E-state index in [0.717, 1.165) is 5.92 Å². The summed E-state index contributed by atoms with van der Waals surface area (Å²) in [6.07, 6.45) is 21.6. The van der Waals surface area contributed by atoms with E-state index >= 15 is 0 Å². The lowest BCUT2D eigenvalue weighted by Gasteiger charge is -2.30. The van der Waals surface area contributed by atoms with Gasteiger partial charge in [0.25, 0.3) is 0 Å². The highest BCUT2D eigenvalue weighted by molar-refractivity contribution is 5.29. The van der Waals surface area contributed by atoms with Crippen LogP contribution in [0.5, 0.6) is 0 Å². The number of likely N-dealkylation sites (tertiary alicyclic amines) is 1. The fourth-order valence-corrected chi connectivity index (χ4v) is 4.99. The molecular formula is C23H39N2+. The molecule has 1 aromatic heterocycles. The van der Waals surface area contributed by atoms with Crippen LogP contribution in [0.1, 0.15) is 94.7 Å². The molecule has 0 spiro atoms. The van der Waals surface area contributed by atoms with Crippen LogP contribution in [-0.4, -0.2) is 18.5 Å². The van der Waals surface area contributed by atoms with E-state index in [4.69, 9.17) is 0 Å². The number of fused-ring (bicyclic) bond motifs is 3. The Morgan fingerprint density at radius 2 is 1.72 bits per heavy atom. The molecule has 140 valence electrons. The lowest BCUT2D eigenvalue weighted by molar-refractivity contribution is -0.698. The van der Waals surface area contributed by atoms with Crippen molar-refractivity contribution in [3.8, 4) is 0 Å². The smallest absolute Gasteiger partial charge is 0.173 e. The Balaban J connectivity index is 1.41. The van der Waals surface area contributed by atoms with Crippen LogP contribution in [0.15, 0.2) is 18.5 Å². The first kappa shape index (κ1) is 18.9. The van der Waals surface area contributed by atoms with Gasteiger partial charge in [0.15, 0.2) is 12.4 Å². The van der Waals surface area contributed by atoms with Gasteiger partial charge in [-0.25, -0.2) is 4.57 Å². The molecule has 2 aliphatic rings. The van der Waals surface area contributed by atoms with Gasteiger partial charge in [-0.15, -0.1) is 0 Å². The maximum absolute atomic E-state index is 2.59. The first-order valence-corrected chi connectivity index (χ1v) is 11.0. The highest BCUT2D eigenvalue weighted by Gasteiger charge is 2.38. The van der Waals surface area contributed by atoms with Crippen molar-refractivity contribution in [3.63, 3.8) is 0 Å². The predicted octanol–water partition coefficient (Wildman–Crippen LogP) is 5.44. The number of aryl methyl sites for hydroxylation is 2. The molecule has 0 N–H and O–H groups in total. The fraction of sp³-hybridized carbons (Fsp3) is 0.783. The van der Waals surface area contributed by atoms with Crippen LogP contribution >= 0.6 is 0 Å². The second kappa shape index (κ2) is 9.71. The summed E-state index contributed by atoms with van der Waals surface area (Å²) in [5.41, 5.74) is 3.24. The van der Waals surface area contributed by atoms with Crippen LogP contribution in [0, 0.1) is 5.92 Å². The van der Waals surface area contributed by atoms with E-state index in [2.05, 4.69) is 41.9 Å². The number of nitrogens with zero attached hydrogens (tertiary/aromatic N) is 2. The number of hydrogen-bond donors (Lipinski definition) is 0. The number of unbranched alkanes of at least 4 members (excludes halogenated alkanes) is 8. The quantitative estimate of drug-likeness (QED) is 0.405. The molecule has 0 unspecified atom stereocenters. The zero-order valence-electron chi connectivity index (χ0n) is 16.7. The van der Waals surface area contributed by atoms with Gasteiger partial charge in [0.2, 0.25) is 0 Å². The molecule has 0 amide bonds. The Bertz CT molecular complexity index is 525. The van der Waals surface area contributed by atoms with Crippen LogP contribution in [-0.2, 0) is 13.0 Å². The summed E-state index contributed by atoms with van der Waals surface area (Å²) in [5, 5.41) is 0. The van der Waals surface area contributed by atoms with Crippen LogP contribution in [0.2, 0.25) is 0 Å². The van der Waals surface area contributed by atoms with Gasteiger partial charge in [-0.1, -0.05) is 51.9 Å². The summed E-state index contributed by atoms with van der Waals surface area (Å²) in [6, 6.07) is 3.10. The molecule has 0 aromatic carbocycles. The molecule has 2 heterocycles. The molecule has 1 aromatic rings. The largest absolute Gasteiger partial charge is 0.299 e. The van der Waals surface area contributed by atoms with Crippen LogP contribution in [0.3, 0.4) is 0 Å². The second-order valence-electron chi connectivity index (χ2n) is 8.50. The lowest BCUT2D eigenvalue weighted by atomic mass is 9.81. The van der Waals surface area contributed by atoms with Gasteiger partial charge >= 0.3 is 0 Å². The molecule has 2 nitrogen and oxygen atoms in total. The molecule has 1 aliphatic carbocycles. The minimum absolute atomic E-state index is 0.694. The molecular weight excluding hydrogens is 304 g/mol. The van der Waals surface area contributed by atoms with E-state index in [1.54, 1.807) is 11.1 Å². The maximum atomic E-state index is 2.59. The molecule has 0 bridgehead atoms. The number of rotatable bonds is 10. The zero-order valence-corrected chi connectivity index (χ0v) is 16.7. The summed E-state index contributed by atoms with van der Waals surface area (Å²) < 4.78 is 2.47. The van der Waals surface area contributed by atoms with Crippen molar-refractivity contribution in [2.24, 2.45) is 5.92 Å². The van der Waals surface area contributed by atoms with Gasteiger partial charge in [-0.2, -0.15) is 0 Å². The van der Waals surface area contributed by atoms with Gasteiger partial charge < -0.3 is 0 Å². The first-order chi connectivity index (χ1) is 12.3. The molecule has 1 fully saturated rings.